The van der Waals surface area contributed by atoms with Crippen LogP contribution in [0, 0.1) is 0 Å². The van der Waals surface area contributed by atoms with Crippen LogP contribution in [-0.4, -0.2) is 19.5 Å². The fourth-order valence-electron chi connectivity index (χ4n) is 2.38. The van der Waals surface area contributed by atoms with Crippen molar-refractivity contribution in [3.8, 4) is 5.75 Å². The summed E-state index contributed by atoms with van der Waals surface area (Å²) in [6, 6.07) is 13.6. The van der Waals surface area contributed by atoms with E-state index in [0.29, 0.717) is 11.3 Å². The van der Waals surface area contributed by atoms with Crippen LogP contribution in [0.1, 0.15) is 5.56 Å². The minimum Gasteiger partial charge on any atom is -0.497 e. The molecule has 2 aromatic carbocycles. The number of nitrogens with zero attached hydrogens (tertiary/aromatic N) is 1. The van der Waals surface area contributed by atoms with Crippen LogP contribution in [0.3, 0.4) is 0 Å². The smallest absolute Gasteiger partial charge is 0.268 e. The summed E-state index contributed by atoms with van der Waals surface area (Å²) in [6.07, 6.45) is 1.57. The van der Waals surface area contributed by atoms with Gasteiger partial charge in [-0.05, 0) is 35.9 Å². The molecule has 3 aromatic rings. The molecule has 0 saturated carbocycles. The van der Waals surface area contributed by atoms with Crippen molar-refractivity contribution in [3.63, 3.8) is 0 Å². The lowest BCUT2D eigenvalue weighted by molar-refractivity contribution is 0.415. The molecule has 0 radical (unpaired) electrons. The van der Waals surface area contributed by atoms with Crippen molar-refractivity contribution in [2.75, 3.05) is 7.11 Å². The van der Waals surface area contributed by atoms with Gasteiger partial charge in [-0.3, -0.25) is 0 Å². The molecule has 0 unspecified atom stereocenters. The first-order chi connectivity index (χ1) is 10.6. The lowest BCUT2D eigenvalue weighted by Crippen LogP contribution is -2.11. The molecule has 0 aliphatic rings. The Morgan fingerprint density at radius 1 is 1.14 bits per heavy atom. The number of halogens is 1. The highest BCUT2D eigenvalue weighted by Gasteiger charge is 2.21. The van der Waals surface area contributed by atoms with Crippen LogP contribution in [0.4, 0.5) is 0 Å². The van der Waals surface area contributed by atoms with Gasteiger partial charge in [0.05, 0.1) is 17.5 Å². The molecule has 1 aromatic heterocycles. The van der Waals surface area contributed by atoms with E-state index in [2.05, 4.69) is 0 Å². The lowest BCUT2D eigenvalue weighted by Gasteiger charge is -2.07. The molecule has 0 atom stereocenters. The topological polar surface area (TPSA) is 48.3 Å². The van der Waals surface area contributed by atoms with Gasteiger partial charge in [0.25, 0.3) is 10.0 Å². The van der Waals surface area contributed by atoms with Crippen LogP contribution in [0.2, 0.25) is 0 Å². The molecule has 0 bridgehead atoms. The zero-order valence-corrected chi connectivity index (χ0v) is 13.4. The number of methoxy groups -OCH3 is 1. The predicted molar refractivity (Wildman–Crippen MR) is 87.1 cm³/mol. The Labute approximate surface area is 133 Å². The number of alkyl halides is 1. The molecule has 6 heteroatoms. The average Bonchev–Trinajstić information content (AvgIpc) is 2.94. The number of benzene rings is 2. The summed E-state index contributed by atoms with van der Waals surface area (Å²) < 4.78 is 32.1. The summed E-state index contributed by atoms with van der Waals surface area (Å²) in [4.78, 5) is 0.240. The maximum atomic E-state index is 12.8. The van der Waals surface area contributed by atoms with Crippen LogP contribution in [0.25, 0.3) is 10.9 Å². The van der Waals surface area contributed by atoms with Gasteiger partial charge in [-0.1, -0.05) is 18.2 Å². The van der Waals surface area contributed by atoms with Gasteiger partial charge in [0.1, 0.15) is 5.75 Å². The van der Waals surface area contributed by atoms with E-state index in [9.17, 15) is 8.42 Å². The van der Waals surface area contributed by atoms with Crippen LogP contribution in [0.5, 0.6) is 5.75 Å². The minimum atomic E-state index is -3.66. The van der Waals surface area contributed by atoms with Gasteiger partial charge in [-0.2, -0.15) is 0 Å². The number of ether oxygens (including phenoxy) is 1. The van der Waals surface area contributed by atoms with Gasteiger partial charge in [0.2, 0.25) is 0 Å². The number of aromatic nitrogens is 1. The van der Waals surface area contributed by atoms with Gasteiger partial charge in [-0.25, -0.2) is 12.4 Å². The van der Waals surface area contributed by atoms with E-state index in [1.165, 1.54) is 3.97 Å². The third kappa shape index (κ3) is 2.36. The van der Waals surface area contributed by atoms with Gasteiger partial charge >= 0.3 is 0 Å². The summed E-state index contributed by atoms with van der Waals surface area (Å²) in [5.74, 6) is 0.884. The molecule has 0 fully saturated rings. The monoisotopic (exact) mass is 335 g/mol. The number of hydrogen-bond acceptors (Lipinski definition) is 3. The second kappa shape index (κ2) is 5.66. The number of hydrogen-bond donors (Lipinski definition) is 0. The molecule has 4 nitrogen and oxygen atoms in total. The Kier molecular flexibility index (Phi) is 3.85. The molecule has 0 saturated heterocycles. The van der Waals surface area contributed by atoms with Crippen molar-refractivity contribution in [3.05, 3.63) is 60.3 Å². The highest BCUT2D eigenvalue weighted by atomic mass is 35.5. The summed E-state index contributed by atoms with van der Waals surface area (Å²) in [5.41, 5.74) is 1.33. The molecule has 0 spiro atoms. The Hall–Kier alpha value is -1.98. The van der Waals surface area contributed by atoms with E-state index in [0.717, 1.165) is 10.9 Å². The van der Waals surface area contributed by atoms with Gasteiger partial charge < -0.3 is 4.74 Å². The predicted octanol–water partition coefficient (Wildman–Crippen LogP) is 3.63. The zero-order chi connectivity index (χ0) is 15.7. The third-order valence-corrected chi connectivity index (χ3v) is 5.48. The first-order valence-electron chi connectivity index (χ1n) is 6.62. The molecule has 3 rings (SSSR count). The van der Waals surface area contributed by atoms with E-state index in [4.69, 9.17) is 16.3 Å². The third-order valence-electron chi connectivity index (χ3n) is 3.50. The van der Waals surface area contributed by atoms with Crippen LogP contribution in [-0.2, 0) is 15.9 Å². The van der Waals surface area contributed by atoms with E-state index in [1.54, 1.807) is 61.8 Å². The summed E-state index contributed by atoms with van der Waals surface area (Å²) in [5, 5.41) is 0.772. The Morgan fingerprint density at radius 3 is 2.50 bits per heavy atom. The van der Waals surface area contributed by atoms with Crippen molar-refractivity contribution in [1.29, 1.82) is 0 Å². The van der Waals surface area contributed by atoms with Crippen molar-refractivity contribution < 1.29 is 13.2 Å². The number of rotatable bonds is 4. The molecule has 0 aliphatic heterocycles. The van der Waals surface area contributed by atoms with Gasteiger partial charge in [0.15, 0.2) is 0 Å². The largest absolute Gasteiger partial charge is 0.497 e. The first kappa shape index (κ1) is 14.9. The maximum Gasteiger partial charge on any atom is 0.268 e. The van der Waals surface area contributed by atoms with Gasteiger partial charge in [-0.15, -0.1) is 11.6 Å². The molecular weight excluding hydrogens is 322 g/mol. The van der Waals surface area contributed by atoms with Crippen molar-refractivity contribution in [2.45, 2.75) is 10.8 Å². The van der Waals surface area contributed by atoms with E-state index >= 15 is 0 Å². The lowest BCUT2D eigenvalue weighted by atomic mass is 10.2. The maximum absolute atomic E-state index is 12.8. The Morgan fingerprint density at radius 2 is 1.86 bits per heavy atom. The summed E-state index contributed by atoms with van der Waals surface area (Å²) in [7, 11) is -2.09. The highest BCUT2D eigenvalue weighted by molar-refractivity contribution is 7.90. The molecular formula is C16H14ClNO3S. The molecule has 0 aliphatic carbocycles. The highest BCUT2D eigenvalue weighted by Crippen LogP contribution is 2.30. The molecule has 1 heterocycles. The van der Waals surface area contributed by atoms with E-state index in [-0.39, 0.29) is 10.8 Å². The minimum absolute atomic E-state index is 0.223. The van der Waals surface area contributed by atoms with Crippen LogP contribution < -0.4 is 4.74 Å². The van der Waals surface area contributed by atoms with E-state index in [1.807, 2.05) is 0 Å². The van der Waals surface area contributed by atoms with E-state index < -0.39 is 10.0 Å². The second-order valence-electron chi connectivity index (χ2n) is 4.78. The number of fused-ring (bicyclic) bond motifs is 1. The SMILES string of the molecule is COc1ccc2c(c1)c(CCl)cn2S(=O)(=O)c1ccccc1. The summed E-state index contributed by atoms with van der Waals surface area (Å²) in [6.45, 7) is 0. The molecule has 0 amide bonds. The normalized spacial score (nSPS) is 11.7. The first-order valence-corrected chi connectivity index (χ1v) is 8.60. The second-order valence-corrected chi connectivity index (χ2v) is 6.87. The zero-order valence-electron chi connectivity index (χ0n) is 11.9. The van der Waals surface area contributed by atoms with Crippen LogP contribution in [0.15, 0.2) is 59.6 Å². The molecule has 114 valence electrons. The fraction of sp³-hybridized carbons (Fsp3) is 0.125. The van der Waals surface area contributed by atoms with Crippen molar-refractivity contribution >= 4 is 32.5 Å². The Bertz CT molecular complexity index is 917. The average molecular weight is 336 g/mol. The molecule has 0 N–H and O–H groups in total. The Balaban J connectivity index is 2.28. The van der Waals surface area contributed by atoms with Crippen molar-refractivity contribution in [1.82, 2.24) is 3.97 Å². The quantitative estimate of drug-likeness (QED) is 0.684. The van der Waals surface area contributed by atoms with Crippen LogP contribution >= 0.6 is 11.6 Å². The standard InChI is InChI=1S/C16H14ClNO3S/c1-21-13-7-8-16-15(9-13)12(10-17)11-18(16)22(19,20)14-5-3-2-4-6-14/h2-9,11H,10H2,1H3. The molecule has 22 heavy (non-hydrogen) atoms. The fourth-order valence-corrected chi connectivity index (χ4v) is 4.01. The van der Waals surface area contributed by atoms with Crippen molar-refractivity contribution in [2.24, 2.45) is 0 Å². The summed E-state index contributed by atoms with van der Waals surface area (Å²) >= 11 is 5.96. The van der Waals surface area contributed by atoms with Gasteiger partial charge in [0, 0.05) is 17.5 Å².